The first-order valence-electron chi connectivity index (χ1n) is 5.55. The van der Waals surface area contributed by atoms with Crippen molar-refractivity contribution in [2.45, 2.75) is 6.54 Å². The maximum absolute atomic E-state index is 5.69. The third kappa shape index (κ3) is 2.09. The van der Waals surface area contributed by atoms with Crippen molar-refractivity contribution in [3.05, 3.63) is 52.8 Å². The van der Waals surface area contributed by atoms with Crippen molar-refractivity contribution in [2.24, 2.45) is 0 Å². The van der Waals surface area contributed by atoms with Crippen molar-refractivity contribution < 1.29 is 0 Å². The molecule has 0 bridgehead atoms. The van der Waals surface area contributed by atoms with E-state index in [0.717, 1.165) is 21.1 Å². The summed E-state index contributed by atoms with van der Waals surface area (Å²) in [4.78, 5) is 4.59. The number of pyridine rings is 1. The average molecular weight is 303 g/mol. The van der Waals surface area contributed by atoms with E-state index in [-0.39, 0.29) is 0 Å². The molecule has 0 unspecified atom stereocenters. The van der Waals surface area contributed by atoms with Gasteiger partial charge < -0.3 is 5.73 Å². The van der Waals surface area contributed by atoms with Crippen molar-refractivity contribution in [1.82, 2.24) is 14.8 Å². The Labute approximate surface area is 113 Å². The largest absolute Gasteiger partial charge is 0.381 e. The minimum absolute atomic E-state index is 0.496. The Morgan fingerprint density at radius 2 is 2.00 bits per heavy atom. The van der Waals surface area contributed by atoms with Crippen LogP contribution >= 0.6 is 15.9 Å². The first-order chi connectivity index (χ1) is 8.72. The smallest absolute Gasteiger partial charge is 0.159 e. The molecular weight excluding hydrogens is 292 g/mol. The molecule has 2 N–H and O–H groups in total. The van der Waals surface area contributed by atoms with Gasteiger partial charge in [0, 0.05) is 11.6 Å². The second kappa shape index (κ2) is 4.42. The number of anilines is 1. The lowest BCUT2D eigenvalue weighted by Gasteiger charge is -2.03. The Morgan fingerprint density at radius 3 is 2.78 bits per heavy atom. The normalized spacial score (nSPS) is 10.9. The molecule has 3 rings (SSSR count). The maximum atomic E-state index is 5.69. The molecule has 2 heterocycles. The van der Waals surface area contributed by atoms with E-state index < -0.39 is 0 Å². The predicted octanol–water partition coefficient (Wildman–Crippen LogP) is 2.82. The van der Waals surface area contributed by atoms with E-state index in [0.29, 0.717) is 12.4 Å². The van der Waals surface area contributed by atoms with Crippen LogP contribution in [0.1, 0.15) is 5.69 Å². The molecule has 0 amide bonds. The van der Waals surface area contributed by atoms with E-state index >= 15 is 0 Å². The Morgan fingerprint density at radius 1 is 1.17 bits per heavy atom. The monoisotopic (exact) mass is 302 g/mol. The molecule has 18 heavy (non-hydrogen) atoms. The molecule has 4 nitrogen and oxygen atoms in total. The topological polar surface area (TPSA) is 56.7 Å². The molecular formula is C13H11BrN4. The quantitative estimate of drug-likeness (QED) is 0.792. The lowest BCUT2D eigenvalue weighted by Crippen LogP contribution is -2.03. The third-order valence-electron chi connectivity index (χ3n) is 2.72. The van der Waals surface area contributed by atoms with E-state index in [1.807, 2.05) is 30.5 Å². The molecule has 1 aromatic carbocycles. The molecule has 0 aliphatic carbocycles. The number of nitrogen functional groups attached to an aromatic ring is 1. The van der Waals surface area contributed by atoms with E-state index in [9.17, 15) is 0 Å². The van der Waals surface area contributed by atoms with Gasteiger partial charge in [-0.3, -0.25) is 9.67 Å². The highest BCUT2D eigenvalue weighted by atomic mass is 79.9. The number of fused-ring (bicyclic) bond motifs is 1. The zero-order valence-corrected chi connectivity index (χ0v) is 11.1. The van der Waals surface area contributed by atoms with Gasteiger partial charge in [-0.2, -0.15) is 5.10 Å². The minimum atomic E-state index is 0.496. The van der Waals surface area contributed by atoms with E-state index in [1.165, 1.54) is 0 Å². The van der Waals surface area contributed by atoms with Crippen LogP contribution in [0.25, 0.3) is 10.9 Å². The number of para-hydroxylation sites is 1. The van der Waals surface area contributed by atoms with Gasteiger partial charge in [-0.1, -0.05) is 24.3 Å². The van der Waals surface area contributed by atoms with Crippen LogP contribution in [0.4, 0.5) is 5.82 Å². The zero-order chi connectivity index (χ0) is 12.5. The number of hydrogen-bond acceptors (Lipinski definition) is 3. The number of benzene rings is 1. The summed E-state index contributed by atoms with van der Waals surface area (Å²) in [5.74, 6) is 0.496. The van der Waals surface area contributed by atoms with E-state index in [4.69, 9.17) is 5.73 Å². The van der Waals surface area contributed by atoms with E-state index in [2.05, 4.69) is 38.1 Å². The molecule has 90 valence electrons. The molecule has 3 aromatic rings. The van der Waals surface area contributed by atoms with Crippen LogP contribution < -0.4 is 5.73 Å². The van der Waals surface area contributed by atoms with Gasteiger partial charge in [0.1, 0.15) is 0 Å². The van der Waals surface area contributed by atoms with Crippen LogP contribution in [0.5, 0.6) is 0 Å². The number of halogens is 1. The molecule has 2 aromatic heterocycles. The highest BCUT2D eigenvalue weighted by Crippen LogP contribution is 2.17. The van der Waals surface area contributed by atoms with Crippen molar-refractivity contribution in [3.63, 3.8) is 0 Å². The average Bonchev–Trinajstić information content (AvgIpc) is 2.68. The summed E-state index contributed by atoms with van der Waals surface area (Å²) in [5.41, 5.74) is 7.64. The fourth-order valence-corrected chi connectivity index (χ4v) is 2.17. The fourth-order valence-electron chi connectivity index (χ4n) is 1.86. The first kappa shape index (κ1) is 11.2. The highest BCUT2D eigenvalue weighted by Gasteiger charge is 2.04. The lowest BCUT2D eigenvalue weighted by molar-refractivity contribution is 0.677. The van der Waals surface area contributed by atoms with Gasteiger partial charge in [-0.25, -0.2) is 0 Å². The zero-order valence-electron chi connectivity index (χ0n) is 9.55. The van der Waals surface area contributed by atoms with Gasteiger partial charge in [-0.05, 0) is 28.1 Å². The Balaban J connectivity index is 1.95. The predicted molar refractivity (Wildman–Crippen MR) is 75.2 cm³/mol. The van der Waals surface area contributed by atoms with Crippen LogP contribution in [0.15, 0.2) is 47.1 Å². The van der Waals surface area contributed by atoms with Gasteiger partial charge in [0.25, 0.3) is 0 Å². The van der Waals surface area contributed by atoms with Crippen molar-refractivity contribution in [1.29, 1.82) is 0 Å². The molecule has 0 aliphatic rings. The summed E-state index contributed by atoms with van der Waals surface area (Å²) in [7, 11) is 0. The lowest BCUT2D eigenvalue weighted by atomic mass is 10.2. The summed E-state index contributed by atoms with van der Waals surface area (Å²) < 4.78 is 2.58. The summed E-state index contributed by atoms with van der Waals surface area (Å²) in [6.07, 6.45) is 1.85. The SMILES string of the molecule is Nc1nn(Cc2ccc3ccccc3n2)cc1Br. The number of aromatic nitrogens is 3. The summed E-state index contributed by atoms with van der Waals surface area (Å²) in [5, 5.41) is 5.33. The molecule has 0 atom stereocenters. The van der Waals surface area contributed by atoms with Crippen molar-refractivity contribution in [2.75, 3.05) is 5.73 Å². The molecule has 0 saturated heterocycles. The van der Waals surface area contributed by atoms with Gasteiger partial charge in [0.05, 0.1) is 22.2 Å². The van der Waals surface area contributed by atoms with Crippen LogP contribution in [-0.4, -0.2) is 14.8 Å². The van der Waals surface area contributed by atoms with Crippen LogP contribution in [0.2, 0.25) is 0 Å². The van der Waals surface area contributed by atoms with Crippen LogP contribution in [-0.2, 0) is 6.54 Å². The van der Waals surface area contributed by atoms with Crippen molar-refractivity contribution in [3.8, 4) is 0 Å². The number of rotatable bonds is 2. The second-order valence-electron chi connectivity index (χ2n) is 4.06. The molecule has 0 aliphatic heterocycles. The summed E-state index contributed by atoms with van der Waals surface area (Å²) in [6.45, 7) is 0.612. The van der Waals surface area contributed by atoms with Gasteiger partial charge >= 0.3 is 0 Å². The van der Waals surface area contributed by atoms with Gasteiger partial charge in [0.15, 0.2) is 5.82 Å². The third-order valence-corrected chi connectivity index (χ3v) is 3.33. The number of hydrogen-bond donors (Lipinski definition) is 1. The minimum Gasteiger partial charge on any atom is -0.381 e. The van der Waals surface area contributed by atoms with Crippen molar-refractivity contribution >= 4 is 32.7 Å². The number of nitrogens with zero attached hydrogens (tertiary/aromatic N) is 3. The number of nitrogens with two attached hydrogens (primary N) is 1. The summed E-state index contributed by atoms with van der Waals surface area (Å²) >= 11 is 3.34. The Bertz CT molecular complexity index is 686. The fraction of sp³-hybridized carbons (Fsp3) is 0.0769. The molecule has 0 radical (unpaired) electrons. The van der Waals surface area contributed by atoms with Gasteiger partial charge in [-0.15, -0.1) is 0 Å². The maximum Gasteiger partial charge on any atom is 0.159 e. The standard InChI is InChI=1S/C13H11BrN4/c14-11-8-18(17-13(11)15)7-10-6-5-9-3-1-2-4-12(9)16-10/h1-6,8H,7H2,(H2,15,17). The second-order valence-corrected chi connectivity index (χ2v) is 4.91. The summed E-state index contributed by atoms with van der Waals surface area (Å²) in [6, 6.07) is 12.1. The molecule has 0 fully saturated rings. The first-order valence-corrected chi connectivity index (χ1v) is 6.35. The van der Waals surface area contributed by atoms with Crippen LogP contribution in [0, 0.1) is 0 Å². The molecule has 0 saturated carbocycles. The molecule has 5 heteroatoms. The van der Waals surface area contributed by atoms with Gasteiger partial charge in [0.2, 0.25) is 0 Å². The Hall–Kier alpha value is -1.88. The van der Waals surface area contributed by atoms with E-state index in [1.54, 1.807) is 4.68 Å². The molecule has 0 spiro atoms. The highest BCUT2D eigenvalue weighted by molar-refractivity contribution is 9.10. The Kier molecular flexibility index (Phi) is 2.76. The van der Waals surface area contributed by atoms with Crippen LogP contribution in [0.3, 0.4) is 0 Å².